The lowest BCUT2D eigenvalue weighted by Crippen LogP contribution is -2.35. The van der Waals surface area contributed by atoms with Crippen LogP contribution in [0.3, 0.4) is 0 Å². The number of aromatic amines is 1. The van der Waals surface area contributed by atoms with Crippen LogP contribution in [0.2, 0.25) is 0 Å². The van der Waals surface area contributed by atoms with E-state index in [1.54, 1.807) is 25.1 Å². The monoisotopic (exact) mass is 299 g/mol. The van der Waals surface area contributed by atoms with Crippen LogP contribution in [-0.4, -0.2) is 22.9 Å². The normalized spacial score (nSPS) is 16.2. The highest BCUT2D eigenvalue weighted by Crippen LogP contribution is 2.33. The molecule has 0 fully saturated rings. The Labute approximate surface area is 125 Å². The van der Waals surface area contributed by atoms with E-state index in [9.17, 15) is 14.4 Å². The van der Waals surface area contributed by atoms with Gasteiger partial charge in [-0.05, 0) is 19.1 Å². The third kappa shape index (κ3) is 2.44. The summed E-state index contributed by atoms with van der Waals surface area (Å²) in [5.74, 6) is -0.471. The number of fused-ring (bicyclic) bond motifs is 1. The quantitative estimate of drug-likeness (QED) is 0.779. The van der Waals surface area contributed by atoms with E-state index < -0.39 is 12.0 Å². The number of hydrogen-bond acceptors (Lipinski definition) is 4. The van der Waals surface area contributed by atoms with Crippen molar-refractivity contribution in [2.45, 2.75) is 13.0 Å². The summed E-state index contributed by atoms with van der Waals surface area (Å²) in [6.45, 7) is 1.59. The van der Waals surface area contributed by atoms with Crippen LogP contribution in [0, 0.1) is 0 Å². The number of pyridine rings is 1. The van der Waals surface area contributed by atoms with Gasteiger partial charge < -0.3 is 20.4 Å². The molecule has 0 radical (unpaired) electrons. The number of para-hydroxylation sites is 1. The zero-order valence-corrected chi connectivity index (χ0v) is 11.7. The molecule has 2 amide bonds. The van der Waals surface area contributed by atoms with Crippen LogP contribution in [0.4, 0.5) is 11.4 Å². The standard InChI is InChI=1S/C15H13N3O4/c1-8-14(20)17-10-4-2-3-9(13(10)22-8)15(21)18-11-7-16-6-5-12(11)19/h2-8H,1H3,(H,16,19)(H,17,20)(H,18,21)/t8-/m0/s1. The summed E-state index contributed by atoms with van der Waals surface area (Å²) in [6.07, 6.45) is 2.19. The first kappa shape index (κ1) is 13.9. The lowest BCUT2D eigenvalue weighted by atomic mass is 10.1. The van der Waals surface area contributed by atoms with Gasteiger partial charge in [-0.15, -0.1) is 0 Å². The molecule has 3 rings (SSSR count). The molecule has 0 saturated carbocycles. The number of carbonyl (C=O) groups is 2. The van der Waals surface area contributed by atoms with Crippen LogP contribution < -0.4 is 20.8 Å². The zero-order valence-electron chi connectivity index (χ0n) is 11.7. The lowest BCUT2D eigenvalue weighted by Gasteiger charge is -2.24. The molecule has 1 aromatic carbocycles. The number of aromatic nitrogens is 1. The molecular formula is C15H13N3O4. The van der Waals surface area contributed by atoms with E-state index in [2.05, 4.69) is 15.6 Å². The predicted octanol–water partition coefficient (Wildman–Crippen LogP) is 1.35. The molecule has 1 aliphatic heterocycles. The molecular weight excluding hydrogens is 286 g/mol. The molecule has 0 spiro atoms. The van der Waals surface area contributed by atoms with E-state index in [4.69, 9.17) is 4.74 Å². The topological polar surface area (TPSA) is 100 Å². The summed E-state index contributed by atoms with van der Waals surface area (Å²) < 4.78 is 5.51. The summed E-state index contributed by atoms with van der Waals surface area (Å²) in [5.41, 5.74) is 0.503. The van der Waals surface area contributed by atoms with Crippen LogP contribution in [0.25, 0.3) is 0 Å². The van der Waals surface area contributed by atoms with Gasteiger partial charge in [0.25, 0.3) is 11.8 Å². The van der Waals surface area contributed by atoms with Crippen molar-refractivity contribution in [3.05, 3.63) is 52.4 Å². The fourth-order valence-corrected chi connectivity index (χ4v) is 2.11. The van der Waals surface area contributed by atoms with Gasteiger partial charge in [0.2, 0.25) is 5.43 Å². The molecule has 112 valence electrons. The SMILES string of the molecule is C[C@@H]1Oc2c(cccc2C(=O)Nc2c[nH]ccc2=O)NC1=O. The molecule has 2 aromatic rings. The Morgan fingerprint density at radius 3 is 2.86 bits per heavy atom. The van der Waals surface area contributed by atoms with Crippen LogP contribution in [0.15, 0.2) is 41.5 Å². The largest absolute Gasteiger partial charge is 0.478 e. The number of rotatable bonds is 2. The van der Waals surface area contributed by atoms with Gasteiger partial charge in [0.05, 0.1) is 11.3 Å². The first-order valence-electron chi connectivity index (χ1n) is 6.65. The molecule has 0 aliphatic carbocycles. The minimum atomic E-state index is -0.693. The van der Waals surface area contributed by atoms with Gasteiger partial charge in [-0.3, -0.25) is 14.4 Å². The maximum absolute atomic E-state index is 12.4. The Bertz CT molecular complexity index is 812. The van der Waals surface area contributed by atoms with Gasteiger partial charge in [0.1, 0.15) is 5.69 Å². The van der Waals surface area contributed by atoms with E-state index in [0.717, 1.165) is 0 Å². The van der Waals surface area contributed by atoms with Crippen LogP contribution >= 0.6 is 0 Å². The van der Waals surface area contributed by atoms with Crippen molar-refractivity contribution in [3.8, 4) is 5.75 Å². The summed E-state index contributed by atoms with van der Waals surface area (Å²) in [4.78, 5) is 38.3. The third-order valence-electron chi connectivity index (χ3n) is 3.25. The minimum Gasteiger partial charge on any atom is -0.478 e. The maximum atomic E-state index is 12.4. The fourth-order valence-electron chi connectivity index (χ4n) is 2.11. The van der Waals surface area contributed by atoms with Crippen molar-refractivity contribution in [2.24, 2.45) is 0 Å². The van der Waals surface area contributed by atoms with Crippen molar-refractivity contribution >= 4 is 23.2 Å². The van der Waals surface area contributed by atoms with Gasteiger partial charge >= 0.3 is 0 Å². The smallest absolute Gasteiger partial charge is 0.265 e. The Hall–Kier alpha value is -3.09. The number of ether oxygens (including phenoxy) is 1. The van der Waals surface area contributed by atoms with Crippen molar-refractivity contribution in [1.29, 1.82) is 0 Å². The summed E-state index contributed by atoms with van der Waals surface area (Å²) in [7, 11) is 0. The number of anilines is 2. The molecule has 0 unspecified atom stereocenters. The first-order valence-corrected chi connectivity index (χ1v) is 6.65. The van der Waals surface area contributed by atoms with E-state index >= 15 is 0 Å². The summed E-state index contributed by atoms with van der Waals surface area (Å²) in [5, 5.41) is 5.20. The van der Waals surface area contributed by atoms with E-state index in [1.807, 2.05) is 0 Å². The van der Waals surface area contributed by atoms with Crippen molar-refractivity contribution in [1.82, 2.24) is 4.98 Å². The number of benzene rings is 1. The highest BCUT2D eigenvalue weighted by Gasteiger charge is 2.27. The van der Waals surface area contributed by atoms with Crippen LogP contribution in [0.5, 0.6) is 5.75 Å². The second kappa shape index (κ2) is 5.36. The fraction of sp³-hybridized carbons (Fsp3) is 0.133. The van der Waals surface area contributed by atoms with Gasteiger partial charge in [-0.2, -0.15) is 0 Å². The number of hydrogen-bond donors (Lipinski definition) is 3. The average Bonchev–Trinajstić information content (AvgIpc) is 2.50. The van der Waals surface area contributed by atoms with Crippen molar-refractivity contribution < 1.29 is 14.3 Å². The van der Waals surface area contributed by atoms with Crippen LogP contribution in [-0.2, 0) is 4.79 Å². The molecule has 1 atom stereocenters. The molecule has 7 heteroatoms. The second-order valence-electron chi connectivity index (χ2n) is 4.81. The molecule has 1 aliphatic rings. The third-order valence-corrected chi connectivity index (χ3v) is 3.25. The highest BCUT2D eigenvalue weighted by molar-refractivity contribution is 6.09. The van der Waals surface area contributed by atoms with Gasteiger partial charge in [0, 0.05) is 18.5 Å². The molecule has 2 heterocycles. The van der Waals surface area contributed by atoms with Crippen LogP contribution in [0.1, 0.15) is 17.3 Å². The van der Waals surface area contributed by atoms with E-state index in [0.29, 0.717) is 11.4 Å². The Morgan fingerprint density at radius 2 is 2.09 bits per heavy atom. The molecule has 0 bridgehead atoms. The maximum Gasteiger partial charge on any atom is 0.265 e. The number of H-pyrrole nitrogens is 1. The van der Waals surface area contributed by atoms with Crippen molar-refractivity contribution in [3.63, 3.8) is 0 Å². The number of carbonyl (C=O) groups excluding carboxylic acids is 2. The first-order chi connectivity index (χ1) is 10.6. The average molecular weight is 299 g/mol. The van der Waals surface area contributed by atoms with E-state index in [-0.39, 0.29) is 22.6 Å². The predicted molar refractivity (Wildman–Crippen MR) is 80.2 cm³/mol. The summed E-state index contributed by atoms with van der Waals surface area (Å²) in [6, 6.07) is 6.15. The number of nitrogens with one attached hydrogen (secondary N) is 3. The van der Waals surface area contributed by atoms with E-state index in [1.165, 1.54) is 18.5 Å². The Balaban J connectivity index is 1.94. The molecule has 1 aromatic heterocycles. The van der Waals surface area contributed by atoms with Gasteiger partial charge in [-0.1, -0.05) is 6.07 Å². The highest BCUT2D eigenvalue weighted by atomic mass is 16.5. The summed E-state index contributed by atoms with van der Waals surface area (Å²) >= 11 is 0. The molecule has 22 heavy (non-hydrogen) atoms. The Morgan fingerprint density at radius 1 is 1.27 bits per heavy atom. The zero-order chi connectivity index (χ0) is 15.7. The minimum absolute atomic E-state index is 0.137. The second-order valence-corrected chi connectivity index (χ2v) is 4.81. The molecule has 0 saturated heterocycles. The van der Waals surface area contributed by atoms with Gasteiger partial charge in [0.15, 0.2) is 11.9 Å². The number of amides is 2. The Kier molecular flexibility index (Phi) is 3.38. The lowest BCUT2D eigenvalue weighted by molar-refractivity contribution is -0.122. The molecule has 7 nitrogen and oxygen atoms in total. The molecule has 3 N–H and O–H groups in total. The van der Waals surface area contributed by atoms with Gasteiger partial charge in [-0.25, -0.2) is 0 Å². The van der Waals surface area contributed by atoms with Crippen molar-refractivity contribution in [2.75, 3.05) is 10.6 Å².